The molecule has 3 atom stereocenters. The number of nitrogens with one attached hydrogen (secondary N) is 1. The SMILES string of the molecule is CCCCC/C=C\C/C=C\C/C=C\CCCCCCC(=O)OC(/C=C/CCCCCCCCCCCC)C(COP(=O)(O)OCC[N+](C)(C)C)NC(=O)CCCCCCCCCCCCCCCCCCCCCCC. The normalized spacial score (nSPS) is 13.9. The van der Waals surface area contributed by atoms with E-state index in [9.17, 15) is 19.0 Å². The third-order valence-electron chi connectivity index (χ3n) is 14.5. The summed E-state index contributed by atoms with van der Waals surface area (Å²) in [5, 5.41) is 3.06. The van der Waals surface area contributed by atoms with Gasteiger partial charge in [-0.2, -0.15) is 0 Å². The molecule has 0 radical (unpaired) electrons. The van der Waals surface area contributed by atoms with Gasteiger partial charge >= 0.3 is 13.8 Å². The Bertz CT molecular complexity index is 1440. The number of hydrogen-bond donors (Lipinski definition) is 2. The Morgan fingerprint density at radius 2 is 0.803 bits per heavy atom. The first kappa shape index (κ1) is 74.0. The largest absolute Gasteiger partial charge is 0.472 e. The van der Waals surface area contributed by atoms with Crippen molar-refractivity contribution in [3.8, 4) is 0 Å². The Labute approximate surface area is 471 Å². The van der Waals surface area contributed by atoms with E-state index in [2.05, 4.69) is 62.5 Å². The molecule has 0 fully saturated rings. The van der Waals surface area contributed by atoms with E-state index >= 15 is 0 Å². The van der Waals surface area contributed by atoms with Crippen LogP contribution in [0.4, 0.5) is 0 Å². The molecule has 0 heterocycles. The Morgan fingerprint density at radius 3 is 1.22 bits per heavy atom. The molecule has 0 aliphatic rings. The number of ether oxygens (including phenoxy) is 1. The Balaban J connectivity index is 5.20. The number of likely N-dealkylation sites (N-methyl/N-ethyl adjacent to an activating group) is 1. The fourth-order valence-electron chi connectivity index (χ4n) is 9.48. The molecule has 0 aliphatic carbocycles. The number of phosphoric acid groups is 1. The first-order valence-corrected chi connectivity index (χ1v) is 34.0. The van der Waals surface area contributed by atoms with Crippen LogP contribution in [-0.2, 0) is 27.9 Å². The Hall–Kier alpha value is -2.03. The van der Waals surface area contributed by atoms with E-state index in [1.165, 1.54) is 193 Å². The van der Waals surface area contributed by atoms with Gasteiger partial charge in [-0.25, -0.2) is 4.57 Å². The lowest BCUT2D eigenvalue weighted by Gasteiger charge is -2.27. The van der Waals surface area contributed by atoms with Gasteiger partial charge in [-0.15, -0.1) is 0 Å². The molecule has 9 nitrogen and oxygen atoms in total. The van der Waals surface area contributed by atoms with Crippen LogP contribution in [0.3, 0.4) is 0 Å². The van der Waals surface area contributed by atoms with Gasteiger partial charge in [0, 0.05) is 12.8 Å². The predicted octanol–water partition coefficient (Wildman–Crippen LogP) is 20.1. The van der Waals surface area contributed by atoms with Crippen LogP contribution in [-0.4, -0.2) is 74.3 Å². The average Bonchev–Trinajstić information content (AvgIpc) is 3.38. The molecule has 0 spiro atoms. The van der Waals surface area contributed by atoms with Crippen LogP contribution in [0.25, 0.3) is 0 Å². The summed E-state index contributed by atoms with van der Waals surface area (Å²) in [6.45, 7) is 7.00. The first-order valence-electron chi connectivity index (χ1n) is 32.5. The first-order chi connectivity index (χ1) is 36.9. The van der Waals surface area contributed by atoms with Gasteiger partial charge in [0.15, 0.2) is 0 Å². The van der Waals surface area contributed by atoms with E-state index in [1.807, 2.05) is 33.3 Å². The number of phosphoric ester groups is 1. The number of unbranched alkanes of at least 4 members (excludes halogenated alkanes) is 37. The predicted molar refractivity (Wildman–Crippen MR) is 328 cm³/mol. The molecule has 0 aromatic rings. The van der Waals surface area contributed by atoms with Gasteiger partial charge in [-0.3, -0.25) is 18.6 Å². The molecule has 0 bridgehead atoms. The number of amides is 1. The van der Waals surface area contributed by atoms with Crippen LogP contribution in [0.1, 0.15) is 310 Å². The summed E-state index contributed by atoms with van der Waals surface area (Å²) in [5.41, 5.74) is 0. The Morgan fingerprint density at radius 1 is 0.461 bits per heavy atom. The quantitative estimate of drug-likeness (QED) is 0.0205. The zero-order valence-corrected chi connectivity index (χ0v) is 51.9. The molecule has 0 aliphatic heterocycles. The van der Waals surface area contributed by atoms with Gasteiger partial charge in [-0.1, -0.05) is 275 Å². The third-order valence-corrected chi connectivity index (χ3v) is 15.5. The van der Waals surface area contributed by atoms with Crippen LogP contribution in [0, 0.1) is 0 Å². The van der Waals surface area contributed by atoms with Crippen LogP contribution in [0.2, 0.25) is 0 Å². The highest BCUT2D eigenvalue weighted by Gasteiger charge is 2.30. The number of quaternary nitrogens is 1. The third kappa shape index (κ3) is 56.7. The minimum absolute atomic E-state index is 0.0376. The van der Waals surface area contributed by atoms with Crippen molar-refractivity contribution in [2.75, 3.05) is 40.9 Å². The van der Waals surface area contributed by atoms with Gasteiger partial charge in [-0.05, 0) is 70.3 Å². The molecule has 10 heteroatoms. The molecule has 3 unspecified atom stereocenters. The monoisotopic (exact) mass is 1090 g/mol. The van der Waals surface area contributed by atoms with Gasteiger partial charge < -0.3 is 19.4 Å². The van der Waals surface area contributed by atoms with Crippen molar-refractivity contribution < 1.29 is 37.3 Å². The van der Waals surface area contributed by atoms with Crippen molar-refractivity contribution in [3.05, 3.63) is 48.6 Å². The lowest BCUT2D eigenvalue weighted by atomic mass is 10.0. The highest BCUT2D eigenvalue weighted by atomic mass is 31.2. The number of rotatable bonds is 59. The molecular weight excluding hydrogens is 964 g/mol. The van der Waals surface area contributed by atoms with Crippen molar-refractivity contribution in [2.45, 2.75) is 322 Å². The zero-order chi connectivity index (χ0) is 55.7. The summed E-state index contributed by atoms with van der Waals surface area (Å²) in [5.74, 6) is -0.518. The summed E-state index contributed by atoms with van der Waals surface area (Å²) in [7, 11) is 1.49. The summed E-state index contributed by atoms with van der Waals surface area (Å²) in [6, 6.07) is -0.855. The van der Waals surface area contributed by atoms with Gasteiger partial charge in [0.1, 0.15) is 19.3 Å². The van der Waals surface area contributed by atoms with E-state index in [0.29, 0.717) is 23.9 Å². The molecule has 0 aromatic carbocycles. The Kier molecular flexibility index (Phi) is 54.7. The van der Waals surface area contributed by atoms with Gasteiger partial charge in [0.05, 0.1) is 33.8 Å². The number of hydrogen-bond acceptors (Lipinski definition) is 6. The molecule has 2 N–H and O–H groups in total. The van der Waals surface area contributed by atoms with Crippen molar-refractivity contribution in [2.24, 2.45) is 0 Å². The van der Waals surface area contributed by atoms with Crippen molar-refractivity contribution in [1.29, 1.82) is 0 Å². The molecule has 0 aromatic heterocycles. The second kappa shape index (κ2) is 56.3. The molecule has 1 amide bonds. The van der Waals surface area contributed by atoms with Crippen molar-refractivity contribution >= 4 is 19.7 Å². The van der Waals surface area contributed by atoms with Crippen LogP contribution >= 0.6 is 7.82 Å². The molecule has 76 heavy (non-hydrogen) atoms. The zero-order valence-electron chi connectivity index (χ0n) is 51.0. The molecule has 0 saturated carbocycles. The smallest absolute Gasteiger partial charge is 0.456 e. The fraction of sp³-hybridized carbons (Fsp3) is 0.848. The second-order valence-electron chi connectivity index (χ2n) is 23.3. The van der Waals surface area contributed by atoms with Crippen molar-refractivity contribution in [1.82, 2.24) is 5.32 Å². The number of allylic oxidation sites excluding steroid dienone is 7. The molecule has 446 valence electrons. The summed E-state index contributed by atoms with van der Waals surface area (Å²) < 4.78 is 30.7. The minimum atomic E-state index is -4.45. The maximum atomic E-state index is 13.6. The standard InChI is InChI=1S/C66H125N2O7P/c1-7-10-13-16-19-22-25-28-30-32-33-34-35-37-38-40-43-46-49-52-55-58-65(69)67-63(62-74-76(71,72)73-61-60-68(4,5)6)64(57-54-51-48-45-42-27-24-21-18-15-12-9-3)75-66(70)59-56-53-50-47-44-41-39-36-31-29-26-23-20-17-14-11-8-2/h20,23,29,31,39,41,54,57,63-64H,7-19,21-22,24-28,30,32-38,40,42-53,55-56,58-62H2,1-6H3,(H-,67,69,71,72)/p+1/b23-20-,31-29-,41-39-,57-54+. The lowest BCUT2D eigenvalue weighted by Crippen LogP contribution is -2.47. The molecular formula is C66H126N2O7P+. The number of carbonyl (C=O) groups excluding carboxylic acids is 2. The highest BCUT2D eigenvalue weighted by Crippen LogP contribution is 2.43. The fourth-order valence-corrected chi connectivity index (χ4v) is 10.2. The summed E-state index contributed by atoms with van der Waals surface area (Å²) in [4.78, 5) is 37.7. The molecule has 0 saturated heterocycles. The molecule has 0 rings (SSSR count). The minimum Gasteiger partial charge on any atom is -0.456 e. The maximum Gasteiger partial charge on any atom is 0.472 e. The van der Waals surface area contributed by atoms with E-state index in [-0.39, 0.29) is 31.5 Å². The van der Waals surface area contributed by atoms with Crippen LogP contribution in [0.5, 0.6) is 0 Å². The topological polar surface area (TPSA) is 111 Å². The van der Waals surface area contributed by atoms with E-state index < -0.39 is 20.0 Å². The van der Waals surface area contributed by atoms with E-state index in [1.54, 1.807) is 0 Å². The van der Waals surface area contributed by atoms with E-state index in [0.717, 1.165) is 77.0 Å². The number of esters is 1. The lowest BCUT2D eigenvalue weighted by molar-refractivity contribution is -0.870. The number of nitrogens with zero attached hydrogens (tertiary/aromatic N) is 1. The van der Waals surface area contributed by atoms with Gasteiger partial charge in [0.25, 0.3) is 0 Å². The average molecular weight is 1090 g/mol. The maximum absolute atomic E-state index is 13.6. The van der Waals surface area contributed by atoms with Crippen LogP contribution in [0.15, 0.2) is 48.6 Å². The summed E-state index contributed by atoms with van der Waals surface area (Å²) >= 11 is 0. The van der Waals surface area contributed by atoms with Crippen LogP contribution < -0.4 is 5.32 Å². The second-order valence-corrected chi connectivity index (χ2v) is 24.7. The van der Waals surface area contributed by atoms with Gasteiger partial charge in [0.2, 0.25) is 5.91 Å². The van der Waals surface area contributed by atoms with E-state index in [4.69, 9.17) is 13.8 Å². The van der Waals surface area contributed by atoms with Crippen molar-refractivity contribution in [3.63, 3.8) is 0 Å². The summed E-state index contributed by atoms with van der Waals surface area (Å²) in [6.07, 6.45) is 69.7. The highest BCUT2D eigenvalue weighted by molar-refractivity contribution is 7.47. The number of carbonyl (C=O) groups is 2.